The van der Waals surface area contributed by atoms with Crippen molar-refractivity contribution in [2.45, 2.75) is 51.2 Å². The number of benzene rings is 2. The first-order valence-electron chi connectivity index (χ1n) is 12.7. The van der Waals surface area contributed by atoms with Gasteiger partial charge in [0.1, 0.15) is 11.5 Å². The Hall–Kier alpha value is -4.66. The fraction of sp³-hybridized carbons (Fsp3) is 0.267. The second-order valence-corrected chi connectivity index (χ2v) is 9.50. The van der Waals surface area contributed by atoms with Crippen molar-refractivity contribution in [3.63, 3.8) is 0 Å². The summed E-state index contributed by atoms with van der Waals surface area (Å²) < 4.78 is 11.9. The number of amides is 2. The summed E-state index contributed by atoms with van der Waals surface area (Å²) in [6.45, 7) is 5.38. The molecule has 9 nitrogen and oxygen atoms in total. The molecular formula is C30H31N3O6. The normalized spacial score (nSPS) is 16.5. The zero-order valence-electron chi connectivity index (χ0n) is 21.7. The predicted octanol–water partition coefficient (Wildman–Crippen LogP) is 5.14. The molecule has 1 fully saturated rings. The molecule has 0 aliphatic heterocycles. The number of carboxylic acid groups (broad SMARTS) is 1. The molecule has 0 radical (unpaired) electrons. The minimum Gasteiger partial charge on any atom is -0.490 e. The molecule has 9 heteroatoms. The van der Waals surface area contributed by atoms with E-state index >= 15 is 0 Å². The highest BCUT2D eigenvalue weighted by atomic mass is 16.5. The zero-order valence-corrected chi connectivity index (χ0v) is 21.7. The average molecular weight is 530 g/mol. The molecule has 1 aromatic heterocycles. The Morgan fingerprint density at radius 1 is 0.974 bits per heavy atom. The van der Waals surface area contributed by atoms with Gasteiger partial charge in [0.25, 0.3) is 0 Å². The maximum atomic E-state index is 12.4. The van der Waals surface area contributed by atoms with E-state index in [1.165, 1.54) is 6.07 Å². The molecule has 0 atom stereocenters. The van der Waals surface area contributed by atoms with Crippen molar-refractivity contribution in [3.8, 4) is 17.4 Å². The second kappa shape index (κ2) is 12.7. The number of ether oxygens (including phenoxy) is 2. The molecule has 1 aliphatic rings. The van der Waals surface area contributed by atoms with Crippen molar-refractivity contribution < 1.29 is 29.0 Å². The molecule has 1 heterocycles. The largest absolute Gasteiger partial charge is 0.490 e. The highest BCUT2D eigenvalue weighted by molar-refractivity contribution is 6.01. The van der Waals surface area contributed by atoms with E-state index in [-0.39, 0.29) is 41.6 Å². The van der Waals surface area contributed by atoms with Crippen molar-refractivity contribution in [2.24, 2.45) is 0 Å². The van der Waals surface area contributed by atoms with E-state index in [1.807, 2.05) is 12.1 Å². The fourth-order valence-electron chi connectivity index (χ4n) is 4.27. The summed E-state index contributed by atoms with van der Waals surface area (Å²) >= 11 is 0. The van der Waals surface area contributed by atoms with Crippen molar-refractivity contribution in [1.29, 1.82) is 0 Å². The third kappa shape index (κ3) is 7.91. The lowest BCUT2D eigenvalue weighted by Gasteiger charge is -2.29. The van der Waals surface area contributed by atoms with E-state index in [9.17, 15) is 19.5 Å². The van der Waals surface area contributed by atoms with Crippen molar-refractivity contribution in [2.75, 3.05) is 5.32 Å². The molecule has 3 N–H and O–H groups in total. The number of aromatic carboxylic acids is 1. The summed E-state index contributed by atoms with van der Waals surface area (Å²) in [6, 6.07) is 17.1. The molecule has 1 aliphatic carbocycles. The van der Waals surface area contributed by atoms with E-state index in [0.29, 0.717) is 22.8 Å². The average Bonchev–Trinajstić information content (AvgIpc) is 2.92. The Balaban J connectivity index is 1.24. The first kappa shape index (κ1) is 27.4. The van der Waals surface area contributed by atoms with Crippen LogP contribution in [0.15, 0.2) is 79.0 Å². The summed E-state index contributed by atoms with van der Waals surface area (Å²) in [5, 5.41) is 14.9. The van der Waals surface area contributed by atoms with E-state index in [2.05, 4.69) is 22.2 Å². The summed E-state index contributed by atoms with van der Waals surface area (Å²) in [5.41, 5.74) is 1.45. The Morgan fingerprint density at radius 2 is 1.67 bits per heavy atom. The number of carbonyl (C=O) groups is 3. The number of hydrogen-bond acceptors (Lipinski definition) is 6. The van der Waals surface area contributed by atoms with E-state index < -0.39 is 5.97 Å². The number of nitrogens with one attached hydrogen (secondary N) is 2. The van der Waals surface area contributed by atoms with Gasteiger partial charge in [-0.05, 0) is 74.6 Å². The number of anilines is 1. The number of aromatic nitrogens is 1. The Morgan fingerprint density at radius 3 is 2.31 bits per heavy atom. The minimum atomic E-state index is -1.11. The van der Waals surface area contributed by atoms with Gasteiger partial charge < -0.3 is 25.2 Å². The van der Waals surface area contributed by atoms with Crippen LogP contribution in [0.5, 0.6) is 17.4 Å². The molecule has 4 rings (SSSR count). The molecular weight excluding hydrogens is 498 g/mol. The Bertz CT molecular complexity index is 1330. The third-order valence-corrected chi connectivity index (χ3v) is 6.34. The number of nitrogens with zero attached hydrogens (tertiary/aromatic N) is 1. The van der Waals surface area contributed by atoms with E-state index in [1.54, 1.807) is 55.6 Å². The lowest BCUT2D eigenvalue weighted by molar-refractivity contribution is -0.118. The lowest BCUT2D eigenvalue weighted by Crippen LogP contribution is -2.39. The van der Waals surface area contributed by atoms with Crippen LogP contribution in [-0.2, 0) is 16.0 Å². The quantitative estimate of drug-likeness (QED) is 0.311. The van der Waals surface area contributed by atoms with Crippen molar-refractivity contribution in [3.05, 3.63) is 90.1 Å². The van der Waals surface area contributed by atoms with Crippen LogP contribution in [0, 0.1) is 0 Å². The minimum absolute atomic E-state index is 0.0285. The van der Waals surface area contributed by atoms with Crippen LogP contribution in [0.3, 0.4) is 0 Å². The molecule has 39 heavy (non-hydrogen) atoms. The fourth-order valence-corrected chi connectivity index (χ4v) is 4.27. The third-order valence-electron chi connectivity index (χ3n) is 6.34. The summed E-state index contributed by atoms with van der Waals surface area (Å²) in [4.78, 5) is 39.8. The summed E-state index contributed by atoms with van der Waals surface area (Å²) in [5.74, 6) is 0.164. The number of pyridine rings is 1. The molecule has 0 bridgehead atoms. The molecule has 0 unspecified atom stereocenters. The smallest absolute Gasteiger partial charge is 0.337 e. The predicted molar refractivity (Wildman–Crippen MR) is 146 cm³/mol. The molecule has 0 spiro atoms. The number of para-hydroxylation sites is 1. The van der Waals surface area contributed by atoms with Gasteiger partial charge in [-0.15, -0.1) is 0 Å². The van der Waals surface area contributed by atoms with Gasteiger partial charge in [-0.25, -0.2) is 9.78 Å². The first-order chi connectivity index (χ1) is 18.8. The van der Waals surface area contributed by atoms with E-state index in [0.717, 1.165) is 31.4 Å². The topological polar surface area (TPSA) is 127 Å². The van der Waals surface area contributed by atoms with Gasteiger partial charge in [0.2, 0.25) is 17.7 Å². The highest BCUT2D eigenvalue weighted by Crippen LogP contribution is 2.27. The standard InChI is InChI=1S/C30H31N3O6/c1-19(2)29(35)32-21-8-10-22(11-9-21)38-23-12-14-24(15-13-23)39-28-16-7-20(18-31-28)17-27(34)33-26-6-4-3-5-25(26)30(36)37/h3-7,12-16,18,21-22H,1,8-11,17H2,2H3,(H,32,35)(H,33,34)(H,36,37). The lowest BCUT2D eigenvalue weighted by atomic mass is 9.92. The first-order valence-corrected chi connectivity index (χ1v) is 12.7. The highest BCUT2D eigenvalue weighted by Gasteiger charge is 2.23. The van der Waals surface area contributed by atoms with Crippen LogP contribution in [0.25, 0.3) is 0 Å². The van der Waals surface area contributed by atoms with Gasteiger partial charge in [-0.2, -0.15) is 0 Å². The maximum absolute atomic E-state index is 12.4. The second-order valence-electron chi connectivity index (χ2n) is 9.50. The molecule has 2 aromatic carbocycles. The van der Waals surface area contributed by atoms with Gasteiger partial charge in [0.05, 0.1) is 23.8 Å². The van der Waals surface area contributed by atoms with Gasteiger partial charge in [-0.3, -0.25) is 9.59 Å². The zero-order chi connectivity index (χ0) is 27.8. The Kier molecular flexibility index (Phi) is 8.94. The Labute approximate surface area is 226 Å². The number of carboxylic acids is 1. The molecule has 3 aromatic rings. The molecule has 0 saturated heterocycles. The van der Waals surface area contributed by atoms with Crippen LogP contribution >= 0.6 is 0 Å². The maximum Gasteiger partial charge on any atom is 0.337 e. The van der Waals surface area contributed by atoms with Gasteiger partial charge >= 0.3 is 5.97 Å². The van der Waals surface area contributed by atoms with Crippen LogP contribution in [-0.4, -0.2) is 40.0 Å². The summed E-state index contributed by atoms with van der Waals surface area (Å²) in [7, 11) is 0. The molecule has 2 amide bonds. The van der Waals surface area contributed by atoms with Crippen molar-refractivity contribution >= 4 is 23.5 Å². The van der Waals surface area contributed by atoms with Crippen LogP contribution in [0.1, 0.15) is 48.5 Å². The number of rotatable bonds is 10. The van der Waals surface area contributed by atoms with E-state index in [4.69, 9.17) is 9.47 Å². The van der Waals surface area contributed by atoms with Gasteiger partial charge in [-0.1, -0.05) is 24.8 Å². The van der Waals surface area contributed by atoms with Gasteiger partial charge in [0.15, 0.2) is 0 Å². The molecule has 1 saturated carbocycles. The number of carbonyl (C=O) groups excluding carboxylic acids is 2. The molecule has 202 valence electrons. The van der Waals surface area contributed by atoms with Crippen LogP contribution in [0.4, 0.5) is 5.69 Å². The monoisotopic (exact) mass is 529 g/mol. The van der Waals surface area contributed by atoms with Crippen LogP contribution < -0.4 is 20.1 Å². The summed E-state index contributed by atoms with van der Waals surface area (Å²) in [6.07, 6.45) is 5.13. The van der Waals surface area contributed by atoms with Crippen LogP contribution in [0.2, 0.25) is 0 Å². The SMILES string of the molecule is C=C(C)C(=O)NC1CCC(Oc2ccc(Oc3ccc(CC(=O)Nc4ccccc4C(=O)O)cn3)cc2)CC1. The van der Waals surface area contributed by atoms with Crippen molar-refractivity contribution in [1.82, 2.24) is 10.3 Å². The van der Waals surface area contributed by atoms with Gasteiger partial charge in [0, 0.05) is 23.9 Å². The number of hydrogen-bond donors (Lipinski definition) is 3.